The maximum Gasteiger partial charge on any atom is 0.407 e. The number of ether oxygens (including phenoxy) is 1. The molecule has 228 valence electrons. The fourth-order valence-corrected chi connectivity index (χ4v) is 5.06. The number of hydrogen-bond acceptors (Lipinski definition) is 9. The van der Waals surface area contributed by atoms with Gasteiger partial charge in [-0.3, -0.25) is 24.0 Å². The number of carbonyl (C=O) groups excluding carboxylic acids is 7. The smallest absolute Gasteiger partial charge is 0.407 e. The maximum absolute atomic E-state index is 12.8. The van der Waals surface area contributed by atoms with Gasteiger partial charge in [-0.15, -0.1) is 5.06 Å². The Morgan fingerprint density at radius 1 is 0.805 bits per heavy atom. The summed E-state index contributed by atoms with van der Waals surface area (Å²) in [5.41, 5.74) is -0.605. The van der Waals surface area contributed by atoms with E-state index < -0.39 is 41.6 Å². The van der Waals surface area contributed by atoms with Gasteiger partial charge in [0.25, 0.3) is 11.8 Å². The third-order valence-electron chi connectivity index (χ3n) is 7.01. The second kappa shape index (κ2) is 14.3. The van der Waals surface area contributed by atoms with E-state index in [2.05, 4.69) is 10.6 Å². The van der Waals surface area contributed by atoms with Crippen molar-refractivity contribution in [3.05, 3.63) is 0 Å². The maximum atomic E-state index is 12.8. The van der Waals surface area contributed by atoms with Gasteiger partial charge < -0.3 is 30.0 Å². The summed E-state index contributed by atoms with van der Waals surface area (Å²) in [5.74, 6) is -2.68. The second-order valence-corrected chi connectivity index (χ2v) is 11.4. The summed E-state index contributed by atoms with van der Waals surface area (Å²) in [7, 11) is 0. The Balaban J connectivity index is 1.36. The quantitative estimate of drug-likeness (QED) is 0.265. The topological polar surface area (TPSA) is 172 Å². The average molecular weight is 580 g/mol. The summed E-state index contributed by atoms with van der Waals surface area (Å²) in [6.45, 7) is 6.64. The molecule has 2 N–H and O–H groups in total. The number of imide groups is 1. The monoisotopic (exact) mass is 579 g/mol. The van der Waals surface area contributed by atoms with Gasteiger partial charge in [-0.1, -0.05) is 0 Å². The Labute approximate surface area is 239 Å². The number of rotatable bonds is 11. The third-order valence-corrected chi connectivity index (χ3v) is 7.01. The van der Waals surface area contributed by atoms with Gasteiger partial charge in [-0.05, 0) is 59.3 Å². The van der Waals surface area contributed by atoms with Gasteiger partial charge in [0.2, 0.25) is 17.7 Å². The Morgan fingerprint density at radius 3 is 1.88 bits per heavy atom. The summed E-state index contributed by atoms with van der Waals surface area (Å²) in [5, 5.41) is 5.90. The van der Waals surface area contributed by atoms with Crippen molar-refractivity contribution in [1.82, 2.24) is 25.5 Å². The molecule has 0 aromatic heterocycles. The second-order valence-electron chi connectivity index (χ2n) is 11.4. The molecule has 0 aromatic carbocycles. The van der Waals surface area contributed by atoms with Crippen molar-refractivity contribution in [3.63, 3.8) is 0 Å². The lowest BCUT2D eigenvalue weighted by Crippen LogP contribution is -2.46. The Hall–Kier alpha value is -3.71. The van der Waals surface area contributed by atoms with Crippen molar-refractivity contribution >= 4 is 41.6 Å². The van der Waals surface area contributed by atoms with Crippen molar-refractivity contribution in [2.24, 2.45) is 0 Å². The SMILES string of the molecule is CC(C)(C)OC(=O)NCCCC(=O)N1CCC[C@H]1C(=O)NCCCC(=O)N1CCC[C@H]1C(=O)ON1C(=O)CCC1=O. The summed E-state index contributed by atoms with van der Waals surface area (Å²) >= 11 is 0. The Bertz CT molecular complexity index is 1020. The lowest BCUT2D eigenvalue weighted by Gasteiger charge is -2.25. The van der Waals surface area contributed by atoms with E-state index in [-0.39, 0.29) is 56.5 Å². The number of nitrogens with one attached hydrogen (secondary N) is 2. The van der Waals surface area contributed by atoms with E-state index in [9.17, 15) is 33.6 Å². The van der Waals surface area contributed by atoms with Crippen molar-refractivity contribution in [1.29, 1.82) is 0 Å². The molecule has 0 aliphatic carbocycles. The van der Waals surface area contributed by atoms with Crippen molar-refractivity contribution in [2.45, 2.75) is 103 Å². The van der Waals surface area contributed by atoms with Crippen LogP contribution in [0.1, 0.15) is 85.0 Å². The number of nitrogens with zero attached hydrogens (tertiary/aromatic N) is 3. The molecule has 0 aromatic rings. The van der Waals surface area contributed by atoms with Gasteiger partial charge in [0, 0.05) is 51.9 Å². The lowest BCUT2D eigenvalue weighted by molar-refractivity contribution is -0.200. The lowest BCUT2D eigenvalue weighted by atomic mass is 10.1. The molecule has 3 aliphatic heterocycles. The molecular formula is C27H41N5O9. The Kier molecular flexibility index (Phi) is 11.1. The highest BCUT2D eigenvalue weighted by Crippen LogP contribution is 2.22. The zero-order chi connectivity index (χ0) is 30.2. The van der Waals surface area contributed by atoms with E-state index in [1.54, 1.807) is 25.7 Å². The molecule has 14 heteroatoms. The fraction of sp³-hybridized carbons (Fsp3) is 0.741. The minimum atomic E-state index is -0.865. The number of hydrogen-bond donors (Lipinski definition) is 2. The molecule has 3 heterocycles. The number of carbonyl (C=O) groups is 7. The van der Waals surface area contributed by atoms with Gasteiger partial charge in [-0.2, -0.15) is 0 Å². The Morgan fingerprint density at radius 2 is 1.32 bits per heavy atom. The standard InChI is InChI=1S/C27H41N5O9/c1-27(2,3)40-26(39)29-15-5-11-20(33)30-16-6-8-18(30)24(37)28-14-4-10-21(34)31-17-7-9-19(31)25(38)41-32-22(35)12-13-23(32)36/h18-19H,4-17H2,1-3H3,(H,28,37)(H,29,39)/t18-,19-/m0/s1. The van der Waals surface area contributed by atoms with E-state index in [0.717, 1.165) is 0 Å². The van der Waals surface area contributed by atoms with Crippen LogP contribution in [0.25, 0.3) is 0 Å². The van der Waals surface area contributed by atoms with Gasteiger partial charge in [0.1, 0.15) is 17.7 Å². The summed E-state index contributed by atoms with van der Waals surface area (Å²) in [6, 6.07) is -1.44. The van der Waals surface area contributed by atoms with Crippen molar-refractivity contribution in [2.75, 3.05) is 26.2 Å². The molecule has 6 amide bonds. The average Bonchev–Trinajstić information content (AvgIpc) is 3.65. The molecule has 3 fully saturated rings. The van der Waals surface area contributed by atoms with Crippen LogP contribution < -0.4 is 10.6 Å². The van der Waals surface area contributed by atoms with E-state index in [0.29, 0.717) is 56.7 Å². The minimum absolute atomic E-state index is 0.00868. The largest absolute Gasteiger partial charge is 0.444 e. The fourth-order valence-electron chi connectivity index (χ4n) is 5.06. The molecular weight excluding hydrogens is 538 g/mol. The predicted octanol–water partition coefficient (Wildman–Crippen LogP) is 0.777. The van der Waals surface area contributed by atoms with Crippen LogP contribution in [0.2, 0.25) is 0 Å². The van der Waals surface area contributed by atoms with Gasteiger partial charge in [0.15, 0.2) is 0 Å². The molecule has 0 spiro atoms. The van der Waals surface area contributed by atoms with E-state index in [1.807, 2.05) is 0 Å². The molecule has 0 saturated carbocycles. The zero-order valence-corrected chi connectivity index (χ0v) is 24.1. The first-order chi connectivity index (χ1) is 19.4. The molecule has 0 radical (unpaired) electrons. The first kappa shape index (κ1) is 31.8. The third kappa shape index (κ3) is 9.15. The van der Waals surface area contributed by atoms with Gasteiger partial charge in [0.05, 0.1) is 0 Å². The van der Waals surface area contributed by atoms with Crippen LogP contribution in [0.4, 0.5) is 4.79 Å². The van der Waals surface area contributed by atoms with E-state index in [1.165, 1.54) is 4.90 Å². The van der Waals surface area contributed by atoms with E-state index in [4.69, 9.17) is 9.57 Å². The van der Waals surface area contributed by atoms with E-state index >= 15 is 0 Å². The zero-order valence-electron chi connectivity index (χ0n) is 24.1. The molecule has 2 atom stereocenters. The molecule has 3 rings (SSSR count). The molecule has 3 saturated heterocycles. The molecule has 0 bridgehead atoms. The van der Waals surface area contributed by atoms with Crippen LogP contribution in [0, 0.1) is 0 Å². The minimum Gasteiger partial charge on any atom is -0.444 e. The van der Waals surface area contributed by atoms with Crippen LogP contribution in [0.5, 0.6) is 0 Å². The molecule has 3 aliphatic rings. The number of hydroxylamine groups is 2. The first-order valence-electron chi connectivity index (χ1n) is 14.3. The van der Waals surface area contributed by atoms with Crippen LogP contribution in [0.15, 0.2) is 0 Å². The highest BCUT2D eigenvalue weighted by molar-refractivity contribution is 6.02. The normalized spacial score (nSPS) is 20.8. The van der Waals surface area contributed by atoms with Crippen molar-refractivity contribution < 1.29 is 43.1 Å². The van der Waals surface area contributed by atoms with Gasteiger partial charge >= 0.3 is 12.1 Å². The molecule has 14 nitrogen and oxygen atoms in total. The van der Waals surface area contributed by atoms with Crippen molar-refractivity contribution in [3.8, 4) is 0 Å². The number of alkyl carbamates (subject to hydrolysis) is 1. The van der Waals surface area contributed by atoms with Gasteiger partial charge in [-0.25, -0.2) is 9.59 Å². The first-order valence-corrected chi connectivity index (χ1v) is 14.3. The molecule has 41 heavy (non-hydrogen) atoms. The summed E-state index contributed by atoms with van der Waals surface area (Å²) < 4.78 is 5.16. The van der Waals surface area contributed by atoms with Crippen LogP contribution in [0.3, 0.4) is 0 Å². The van der Waals surface area contributed by atoms with Crippen LogP contribution in [-0.2, 0) is 38.3 Å². The number of likely N-dealkylation sites (tertiary alicyclic amines) is 2. The molecule has 0 unspecified atom stereocenters. The summed E-state index contributed by atoms with van der Waals surface area (Å²) in [4.78, 5) is 93.9. The highest BCUT2D eigenvalue weighted by Gasteiger charge is 2.40. The number of amides is 6. The highest BCUT2D eigenvalue weighted by atomic mass is 16.7. The van der Waals surface area contributed by atoms with Crippen LogP contribution in [-0.4, -0.2) is 100 Å². The van der Waals surface area contributed by atoms with Crippen LogP contribution >= 0.6 is 0 Å². The predicted molar refractivity (Wildman–Crippen MR) is 142 cm³/mol. The summed E-state index contributed by atoms with van der Waals surface area (Å²) in [6.07, 6.45) is 2.69.